The van der Waals surface area contributed by atoms with Crippen molar-refractivity contribution >= 4 is 10.0 Å². The zero-order valence-corrected chi connectivity index (χ0v) is 9.96. The zero-order chi connectivity index (χ0) is 13.2. The summed E-state index contributed by atoms with van der Waals surface area (Å²) in [5.74, 6) is 0.0570. The van der Waals surface area contributed by atoms with Crippen LogP contribution in [0.5, 0.6) is 0 Å². The predicted octanol–water partition coefficient (Wildman–Crippen LogP) is 0.196. The van der Waals surface area contributed by atoms with Gasteiger partial charge in [0.25, 0.3) is 6.43 Å². The number of aliphatic hydroxyl groups is 1. The fourth-order valence-corrected chi connectivity index (χ4v) is 2.59. The number of hydrogen-bond donors (Lipinski definition) is 2. The first kappa shape index (κ1) is 14.0. The molecule has 1 aromatic rings. The SMILES string of the molecule is Cc1noc(C)c1S(=O)(=O)NCC(O)C(F)F. The smallest absolute Gasteiger partial charge is 0.265 e. The van der Waals surface area contributed by atoms with Gasteiger partial charge in [0.05, 0.1) is 0 Å². The number of sulfonamides is 1. The number of alkyl halides is 2. The minimum atomic E-state index is -4.01. The quantitative estimate of drug-likeness (QED) is 0.797. The van der Waals surface area contributed by atoms with Crippen molar-refractivity contribution in [1.29, 1.82) is 0 Å². The zero-order valence-electron chi connectivity index (χ0n) is 9.15. The van der Waals surface area contributed by atoms with Gasteiger partial charge in [-0.25, -0.2) is 21.9 Å². The molecule has 0 aliphatic rings. The van der Waals surface area contributed by atoms with E-state index in [1.54, 1.807) is 0 Å². The molecule has 1 atom stereocenters. The number of aryl methyl sites for hydroxylation is 2. The lowest BCUT2D eigenvalue weighted by molar-refractivity contribution is -0.000453. The third-order valence-corrected chi connectivity index (χ3v) is 3.68. The van der Waals surface area contributed by atoms with E-state index in [2.05, 4.69) is 9.68 Å². The van der Waals surface area contributed by atoms with Gasteiger partial charge in [0.15, 0.2) is 5.76 Å². The summed E-state index contributed by atoms with van der Waals surface area (Å²) >= 11 is 0. The molecule has 0 fully saturated rings. The van der Waals surface area contributed by atoms with Gasteiger partial charge in [-0.2, -0.15) is 0 Å². The monoisotopic (exact) mass is 270 g/mol. The molecule has 0 saturated carbocycles. The lowest BCUT2D eigenvalue weighted by Crippen LogP contribution is -2.36. The molecule has 1 rings (SSSR count). The van der Waals surface area contributed by atoms with Crippen molar-refractivity contribution in [3.05, 3.63) is 11.5 Å². The second-order valence-corrected chi connectivity index (χ2v) is 5.11. The van der Waals surface area contributed by atoms with E-state index in [0.717, 1.165) is 0 Å². The summed E-state index contributed by atoms with van der Waals surface area (Å²) in [5.41, 5.74) is 0.126. The van der Waals surface area contributed by atoms with Gasteiger partial charge in [0, 0.05) is 6.54 Å². The average Bonchev–Trinajstić information content (AvgIpc) is 2.55. The Labute approximate surface area is 96.7 Å². The molecular weight excluding hydrogens is 258 g/mol. The molecule has 1 unspecified atom stereocenters. The number of nitrogens with one attached hydrogen (secondary N) is 1. The summed E-state index contributed by atoms with van der Waals surface area (Å²) in [4.78, 5) is -0.195. The highest BCUT2D eigenvalue weighted by Gasteiger charge is 2.26. The van der Waals surface area contributed by atoms with Gasteiger partial charge in [-0.1, -0.05) is 5.16 Å². The second kappa shape index (κ2) is 5.07. The van der Waals surface area contributed by atoms with Crippen molar-refractivity contribution in [3.63, 3.8) is 0 Å². The van der Waals surface area contributed by atoms with Gasteiger partial charge in [0.1, 0.15) is 16.7 Å². The van der Waals surface area contributed by atoms with Crippen molar-refractivity contribution in [1.82, 2.24) is 9.88 Å². The van der Waals surface area contributed by atoms with Crippen molar-refractivity contribution in [2.24, 2.45) is 0 Å². The Morgan fingerprint density at radius 3 is 2.47 bits per heavy atom. The molecule has 0 saturated heterocycles. The average molecular weight is 270 g/mol. The van der Waals surface area contributed by atoms with Crippen LogP contribution in [0.2, 0.25) is 0 Å². The molecule has 1 aromatic heterocycles. The molecule has 1 heterocycles. The van der Waals surface area contributed by atoms with E-state index in [9.17, 15) is 17.2 Å². The summed E-state index contributed by atoms with van der Waals surface area (Å²) in [6.07, 6.45) is -5.06. The van der Waals surface area contributed by atoms with Crippen molar-refractivity contribution < 1.29 is 26.8 Å². The Kier molecular flexibility index (Phi) is 4.17. The highest BCUT2D eigenvalue weighted by molar-refractivity contribution is 7.89. The number of halogens is 2. The van der Waals surface area contributed by atoms with Gasteiger partial charge in [-0.05, 0) is 13.8 Å². The Morgan fingerprint density at radius 2 is 2.06 bits per heavy atom. The lowest BCUT2D eigenvalue weighted by Gasteiger charge is -2.10. The highest BCUT2D eigenvalue weighted by Crippen LogP contribution is 2.18. The molecule has 9 heteroatoms. The van der Waals surface area contributed by atoms with Gasteiger partial charge in [0.2, 0.25) is 10.0 Å². The number of hydrogen-bond acceptors (Lipinski definition) is 5. The van der Waals surface area contributed by atoms with Crippen LogP contribution in [-0.4, -0.2) is 37.8 Å². The van der Waals surface area contributed by atoms with E-state index in [1.807, 2.05) is 4.72 Å². The van der Waals surface area contributed by atoms with Crippen LogP contribution in [0, 0.1) is 13.8 Å². The van der Waals surface area contributed by atoms with Crippen molar-refractivity contribution in [2.45, 2.75) is 31.3 Å². The van der Waals surface area contributed by atoms with E-state index in [-0.39, 0.29) is 16.3 Å². The summed E-state index contributed by atoms with van der Waals surface area (Å²) in [5, 5.41) is 12.2. The molecule has 0 aliphatic heterocycles. The summed E-state index contributed by atoms with van der Waals surface area (Å²) in [6, 6.07) is 0. The molecule has 17 heavy (non-hydrogen) atoms. The van der Waals surface area contributed by atoms with Crippen LogP contribution in [-0.2, 0) is 10.0 Å². The summed E-state index contributed by atoms with van der Waals surface area (Å²) in [6.45, 7) is 2.02. The fraction of sp³-hybridized carbons (Fsp3) is 0.625. The largest absolute Gasteiger partial charge is 0.386 e. The lowest BCUT2D eigenvalue weighted by atomic mass is 10.4. The first-order chi connectivity index (χ1) is 7.75. The molecule has 6 nitrogen and oxygen atoms in total. The molecule has 0 bridgehead atoms. The Hall–Kier alpha value is -1.06. The van der Waals surface area contributed by atoms with E-state index < -0.39 is 29.1 Å². The number of aromatic nitrogens is 1. The molecule has 0 aromatic carbocycles. The van der Waals surface area contributed by atoms with Crippen molar-refractivity contribution in [2.75, 3.05) is 6.54 Å². The Balaban J connectivity index is 2.84. The number of rotatable bonds is 5. The predicted molar refractivity (Wildman–Crippen MR) is 53.2 cm³/mol. The van der Waals surface area contributed by atoms with Crippen LogP contribution in [0.3, 0.4) is 0 Å². The van der Waals surface area contributed by atoms with Gasteiger partial charge in [-0.15, -0.1) is 0 Å². The van der Waals surface area contributed by atoms with Crippen LogP contribution in [0.15, 0.2) is 9.42 Å². The standard InChI is InChI=1S/C8H12F2N2O4S/c1-4-7(5(2)16-12-4)17(14,15)11-3-6(13)8(9)10/h6,8,11,13H,3H2,1-2H3. The number of nitrogens with zero attached hydrogens (tertiary/aromatic N) is 1. The van der Waals surface area contributed by atoms with Gasteiger partial charge >= 0.3 is 0 Å². The van der Waals surface area contributed by atoms with Crippen LogP contribution in [0.1, 0.15) is 11.5 Å². The Bertz CT molecular complexity index is 466. The normalized spacial score (nSPS) is 14.2. The first-order valence-corrected chi connectivity index (χ1v) is 6.12. The van der Waals surface area contributed by atoms with Gasteiger partial charge < -0.3 is 9.63 Å². The van der Waals surface area contributed by atoms with E-state index >= 15 is 0 Å². The third kappa shape index (κ3) is 3.20. The molecule has 0 amide bonds. The maximum Gasteiger partial charge on any atom is 0.265 e. The summed E-state index contributed by atoms with van der Waals surface area (Å²) in [7, 11) is -4.01. The molecular formula is C8H12F2N2O4S. The van der Waals surface area contributed by atoms with E-state index in [4.69, 9.17) is 5.11 Å². The fourth-order valence-electron chi connectivity index (χ4n) is 1.21. The topological polar surface area (TPSA) is 92.4 Å². The third-order valence-electron chi connectivity index (χ3n) is 2.01. The van der Waals surface area contributed by atoms with Crippen LogP contribution in [0.25, 0.3) is 0 Å². The molecule has 98 valence electrons. The number of aliphatic hydroxyl groups excluding tert-OH is 1. The van der Waals surface area contributed by atoms with E-state index in [0.29, 0.717) is 0 Å². The molecule has 0 aliphatic carbocycles. The van der Waals surface area contributed by atoms with Crippen LogP contribution >= 0.6 is 0 Å². The van der Waals surface area contributed by atoms with Crippen molar-refractivity contribution in [3.8, 4) is 0 Å². The summed E-state index contributed by atoms with van der Waals surface area (Å²) < 4.78 is 53.9. The minimum Gasteiger partial charge on any atom is -0.386 e. The maximum absolute atomic E-state index is 12.0. The maximum atomic E-state index is 12.0. The van der Waals surface area contributed by atoms with Gasteiger partial charge in [-0.3, -0.25) is 0 Å². The molecule has 0 spiro atoms. The second-order valence-electron chi connectivity index (χ2n) is 3.41. The minimum absolute atomic E-state index is 0.0570. The van der Waals surface area contributed by atoms with Crippen LogP contribution < -0.4 is 4.72 Å². The Morgan fingerprint density at radius 1 is 1.47 bits per heavy atom. The highest BCUT2D eigenvalue weighted by atomic mass is 32.2. The molecule has 0 radical (unpaired) electrons. The van der Waals surface area contributed by atoms with Crippen LogP contribution in [0.4, 0.5) is 8.78 Å². The first-order valence-electron chi connectivity index (χ1n) is 4.64. The molecule has 2 N–H and O–H groups in total. The van der Waals surface area contributed by atoms with E-state index in [1.165, 1.54) is 13.8 Å².